The Labute approximate surface area is 158 Å². The molecule has 1 aliphatic rings. The molecule has 1 aliphatic heterocycles. The van der Waals surface area contributed by atoms with Gasteiger partial charge in [0.2, 0.25) is 5.78 Å². The van der Waals surface area contributed by atoms with E-state index < -0.39 is 23.5 Å². The molecule has 140 valence electrons. The Balaban J connectivity index is 2.05. The smallest absolute Gasteiger partial charge is 0.295 e. The van der Waals surface area contributed by atoms with Crippen LogP contribution in [0.25, 0.3) is 5.76 Å². The molecule has 1 atom stereocenters. The second-order valence-electron chi connectivity index (χ2n) is 6.94. The first-order chi connectivity index (χ1) is 13.0. The lowest BCUT2D eigenvalue weighted by Crippen LogP contribution is -3.05. The van der Waals surface area contributed by atoms with Crippen LogP contribution in [-0.2, 0) is 9.59 Å². The summed E-state index contributed by atoms with van der Waals surface area (Å²) in [6, 6.07) is 11.5. The number of rotatable bonds is 6. The Morgan fingerprint density at radius 1 is 1.15 bits per heavy atom. The highest BCUT2D eigenvalue weighted by Gasteiger charge is 2.44. The van der Waals surface area contributed by atoms with Crippen molar-refractivity contribution in [3.8, 4) is 0 Å². The number of ketones is 1. The number of hydrogen-bond donors (Lipinski definition) is 1. The lowest BCUT2D eigenvalue weighted by molar-refractivity contribution is -0.858. The predicted molar refractivity (Wildman–Crippen MR) is 99.4 cm³/mol. The Kier molecular flexibility index (Phi) is 5.66. The fourth-order valence-corrected chi connectivity index (χ4v) is 3.33. The van der Waals surface area contributed by atoms with E-state index in [4.69, 9.17) is 0 Å². The quantitative estimate of drug-likeness (QED) is 0.438. The number of benzene rings is 1. The fourth-order valence-electron chi connectivity index (χ4n) is 3.33. The highest BCUT2D eigenvalue weighted by molar-refractivity contribution is 6.46. The van der Waals surface area contributed by atoms with Gasteiger partial charge < -0.3 is 14.9 Å². The van der Waals surface area contributed by atoms with Crippen LogP contribution in [0.5, 0.6) is 0 Å². The van der Waals surface area contributed by atoms with E-state index in [1.165, 1.54) is 9.80 Å². The van der Waals surface area contributed by atoms with E-state index in [0.29, 0.717) is 17.7 Å². The number of amides is 1. The number of likely N-dealkylation sites (tertiary alicyclic amines) is 1. The Morgan fingerprint density at radius 2 is 1.89 bits per heavy atom. The zero-order valence-electron chi connectivity index (χ0n) is 15.5. The van der Waals surface area contributed by atoms with Crippen molar-refractivity contribution in [1.29, 1.82) is 0 Å². The maximum Gasteiger partial charge on any atom is 0.295 e. The van der Waals surface area contributed by atoms with Crippen molar-refractivity contribution in [3.05, 3.63) is 71.6 Å². The van der Waals surface area contributed by atoms with E-state index in [9.17, 15) is 14.7 Å². The standard InChI is InChI=1S/C21H23N3O3/c1-23(2)12-7-13-24-18(16-10-6-11-22-14-16)17(20(26)21(24)27)19(25)15-8-4-3-5-9-15/h3-6,8-11,14,18,25H,7,12-13H2,1-2H3. The molecule has 1 aromatic carbocycles. The third-order valence-corrected chi connectivity index (χ3v) is 4.64. The highest BCUT2D eigenvalue weighted by Crippen LogP contribution is 2.38. The van der Waals surface area contributed by atoms with E-state index in [1.807, 2.05) is 14.1 Å². The molecule has 3 rings (SSSR count). The van der Waals surface area contributed by atoms with Gasteiger partial charge in [-0.15, -0.1) is 0 Å². The molecule has 0 bridgehead atoms. The van der Waals surface area contributed by atoms with Crippen molar-refractivity contribution in [2.24, 2.45) is 0 Å². The minimum Gasteiger partial charge on any atom is -0.872 e. The summed E-state index contributed by atoms with van der Waals surface area (Å²) < 4.78 is 0. The van der Waals surface area contributed by atoms with Crippen LogP contribution in [0.1, 0.15) is 23.6 Å². The summed E-state index contributed by atoms with van der Waals surface area (Å²) in [4.78, 5) is 32.3. The van der Waals surface area contributed by atoms with E-state index in [0.717, 1.165) is 13.0 Å². The average molecular weight is 365 g/mol. The molecule has 0 saturated carbocycles. The molecule has 1 unspecified atom stereocenters. The van der Waals surface area contributed by atoms with Gasteiger partial charge >= 0.3 is 0 Å². The molecule has 6 heteroatoms. The van der Waals surface area contributed by atoms with Crippen LogP contribution in [0.4, 0.5) is 0 Å². The van der Waals surface area contributed by atoms with E-state index in [1.54, 1.807) is 54.9 Å². The molecule has 1 amide bonds. The largest absolute Gasteiger partial charge is 0.872 e. The van der Waals surface area contributed by atoms with Gasteiger partial charge in [-0.3, -0.25) is 14.6 Å². The first-order valence-electron chi connectivity index (χ1n) is 9.01. The third kappa shape index (κ3) is 3.90. The van der Waals surface area contributed by atoms with Gasteiger partial charge in [0.15, 0.2) is 0 Å². The zero-order valence-corrected chi connectivity index (χ0v) is 15.5. The van der Waals surface area contributed by atoms with Crippen LogP contribution in [-0.4, -0.2) is 48.8 Å². The van der Waals surface area contributed by atoms with Crippen molar-refractivity contribution in [2.45, 2.75) is 12.5 Å². The lowest BCUT2D eigenvalue weighted by Gasteiger charge is -2.27. The van der Waals surface area contributed by atoms with Crippen LogP contribution >= 0.6 is 0 Å². The minimum absolute atomic E-state index is 0.0106. The van der Waals surface area contributed by atoms with Gasteiger partial charge in [-0.1, -0.05) is 42.2 Å². The van der Waals surface area contributed by atoms with Gasteiger partial charge in [-0.2, -0.15) is 0 Å². The number of pyridine rings is 1. The summed E-state index contributed by atoms with van der Waals surface area (Å²) in [7, 11) is 4.07. The Hall–Kier alpha value is -2.99. The number of Topliss-reactive ketones (excluding diaryl/α,β-unsaturated/α-hetero) is 1. The molecule has 1 N–H and O–H groups in total. The third-order valence-electron chi connectivity index (χ3n) is 4.64. The number of nitrogens with one attached hydrogen (secondary N) is 1. The number of carbonyl (C=O) groups excluding carboxylic acids is 2. The van der Waals surface area contributed by atoms with Crippen molar-refractivity contribution in [2.75, 3.05) is 27.2 Å². The summed E-state index contributed by atoms with van der Waals surface area (Å²) in [6.45, 7) is 1.28. The molecule has 0 aliphatic carbocycles. The van der Waals surface area contributed by atoms with Gasteiger partial charge in [-0.25, -0.2) is 0 Å². The molecule has 27 heavy (non-hydrogen) atoms. The van der Waals surface area contributed by atoms with Gasteiger partial charge in [0.25, 0.3) is 5.91 Å². The van der Waals surface area contributed by atoms with Crippen molar-refractivity contribution >= 4 is 17.4 Å². The summed E-state index contributed by atoms with van der Waals surface area (Å²) >= 11 is 0. The van der Waals surface area contributed by atoms with Gasteiger partial charge in [0.05, 0.1) is 26.7 Å². The number of nitrogens with zero attached hydrogens (tertiary/aromatic N) is 2. The first kappa shape index (κ1) is 18.8. The second-order valence-corrected chi connectivity index (χ2v) is 6.94. The Bertz CT molecular complexity index is 847. The summed E-state index contributed by atoms with van der Waals surface area (Å²) in [5, 5.41) is 13.1. The molecule has 6 nitrogen and oxygen atoms in total. The maximum absolute atomic E-state index is 13.1. The Morgan fingerprint density at radius 3 is 2.52 bits per heavy atom. The van der Waals surface area contributed by atoms with Crippen LogP contribution in [0.2, 0.25) is 0 Å². The van der Waals surface area contributed by atoms with Crippen LogP contribution in [0.15, 0.2) is 60.4 Å². The summed E-state index contributed by atoms with van der Waals surface area (Å²) in [6.07, 6.45) is 3.98. The minimum atomic E-state index is -0.713. The lowest BCUT2D eigenvalue weighted by atomic mass is 9.96. The topological polar surface area (TPSA) is 77.8 Å². The van der Waals surface area contributed by atoms with E-state index in [-0.39, 0.29) is 5.57 Å². The first-order valence-corrected chi connectivity index (χ1v) is 9.01. The van der Waals surface area contributed by atoms with E-state index >= 15 is 0 Å². The predicted octanol–water partition coefficient (Wildman–Crippen LogP) is -0.160. The molecule has 0 spiro atoms. The van der Waals surface area contributed by atoms with Crippen molar-refractivity contribution in [1.82, 2.24) is 9.88 Å². The van der Waals surface area contributed by atoms with Crippen LogP contribution in [0.3, 0.4) is 0 Å². The normalized spacial score (nSPS) is 19.1. The fraction of sp³-hybridized carbons (Fsp3) is 0.286. The monoisotopic (exact) mass is 365 g/mol. The number of aromatic nitrogens is 1. The number of hydrogen-bond acceptors (Lipinski definition) is 4. The zero-order chi connectivity index (χ0) is 19.4. The van der Waals surface area contributed by atoms with Crippen LogP contribution < -0.4 is 10.0 Å². The molecule has 2 aromatic rings. The molecular formula is C21H23N3O3. The number of quaternary nitrogens is 1. The SMILES string of the molecule is C[NH+](C)CCCN1C(=O)C(=O)C(=C([O-])c2ccccc2)C1c1cccnc1. The van der Waals surface area contributed by atoms with Gasteiger partial charge in [0.1, 0.15) is 0 Å². The number of carbonyl (C=O) groups is 2. The summed E-state index contributed by atoms with van der Waals surface area (Å²) in [5.74, 6) is -1.73. The molecule has 1 saturated heterocycles. The molecule has 1 fully saturated rings. The maximum atomic E-state index is 13.1. The molecule has 2 heterocycles. The molecule has 1 aromatic heterocycles. The van der Waals surface area contributed by atoms with Crippen molar-refractivity contribution in [3.63, 3.8) is 0 Å². The summed E-state index contributed by atoms with van der Waals surface area (Å²) in [5.41, 5.74) is 1.09. The van der Waals surface area contributed by atoms with Crippen molar-refractivity contribution < 1.29 is 19.6 Å². The average Bonchev–Trinajstić information content (AvgIpc) is 2.93. The second kappa shape index (κ2) is 8.14. The van der Waals surface area contributed by atoms with Gasteiger partial charge in [-0.05, 0) is 17.2 Å². The molecular weight excluding hydrogens is 342 g/mol. The molecule has 0 radical (unpaired) electrons. The highest BCUT2D eigenvalue weighted by atomic mass is 16.3. The van der Waals surface area contributed by atoms with E-state index in [2.05, 4.69) is 4.98 Å². The van der Waals surface area contributed by atoms with Crippen LogP contribution in [0, 0.1) is 0 Å². The van der Waals surface area contributed by atoms with Gasteiger partial charge in [0, 0.05) is 30.9 Å².